The summed E-state index contributed by atoms with van der Waals surface area (Å²) >= 11 is 0. The first-order valence-corrected chi connectivity index (χ1v) is 6.89. The van der Waals surface area contributed by atoms with E-state index in [4.69, 9.17) is 5.73 Å². The number of phenolic OH excluding ortho intramolecular Hbond substituents is 1. The summed E-state index contributed by atoms with van der Waals surface area (Å²) in [6.45, 7) is 2.55. The minimum Gasteiger partial charge on any atom is -0.507 e. The van der Waals surface area contributed by atoms with Crippen LogP contribution < -0.4 is 11.1 Å². The molecule has 4 N–H and O–H groups in total. The smallest absolute Gasteiger partial charge is 0.255 e. The van der Waals surface area contributed by atoms with Gasteiger partial charge in [-0.15, -0.1) is 0 Å². The summed E-state index contributed by atoms with van der Waals surface area (Å²) in [5.74, 6) is 0.354. The summed E-state index contributed by atoms with van der Waals surface area (Å²) in [4.78, 5) is 12.0. The van der Waals surface area contributed by atoms with Gasteiger partial charge in [-0.05, 0) is 56.2 Å². The van der Waals surface area contributed by atoms with Crippen LogP contribution in [0.3, 0.4) is 0 Å². The van der Waals surface area contributed by atoms with E-state index in [0.717, 1.165) is 31.2 Å². The number of amides is 1. The lowest BCUT2D eigenvalue weighted by atomic mass is 9.86. The van der Waals surface area contributed by atoms with Crippen molar-refractivity contribution in [3.8, 4) is 5.75 Å². The Morgan fingerprint density at radius 2 is 2.05 bits per heavy atom. The molecule has 1 saturated carbocycles. The van der Waals surface area contributed by atoms with Gasteiger partial charge in [0, 0.05) is 12.6 Å². The Hall–Kier alpha value is -1.55. The molecular weight excluding hydrogens is 240 g/mol. The molecule has 0 spiro atoms. The summed E-state index contributed by atoms with van der Waals surface area (Å²) < 4.78 is 0. The van der Waals surface area contributed by atoms with Gasteiger partial charge in [0.25, 0.3) is 5.91 Å². The molecule has 19 heavy (non-hydrogen) atoms. The van der Waals surface area contributed by atoms with Gasteiger partial charge in [-0.3, -0.25) is 4.79 Å². The van der Waals surface area contributed by atoms with E-state index in [-0.39, 0.29) is 11.7 Å². The molecule has 0 aromatic heterocycles. The van der Waals surface area contributed by atoms with Crippen LogP contribution in [-0.2, 0) is 0 Å². The second-order valence-corrected chi connectivity index (χ2v) is 5.51. The average Bonchev–Trinajstić information content (AvgIpc) is 2.37. The van der Waals surface area contributed by atoms with Crippen molar-refractivity contribution in [1.82, 2.24) is 5.32 Å². The molecule has 1 fully saturated rings. The standard InChI is InChI=1S/C15H22N2O2/c1-10-2-7-13(14(18)8-10)15(19)17-9-11-3-5-12(16)6-4-11/h2,7-8,11-12,18H,3-6,9,16H2,1H3,(H,17,19). The zero-order valence-corrected chi connectivity index (χ0v) is 11.4. The van der Waals surface area contributed by atoms with Crippen LogP contribution in [0.25, 0.3) is 0 Å². The normalized spacial score (nSPS) is 23.1. The molecule has 0 saturated heterocycles. The van der Waals surface area contributed by atoms with E-state index >= 15 is 0 Å². The minimum absolute atomic E-state index is 0.0446. The molecule has 0 aliphatic heterocycles. The number of carbonyl (C=O) groups is 1. The second kappa shape index (κ2) is 6.06. The quantitative estimate of drug-likeness (QED) is 0.779. The SMILES string of the molecule is Cc1ccc(C(=O)NCC2CCC(N)CC2)c(O)c1. The largest absolute Gasteiger partial charge is 0.507 e. The second-order valence-electron chi connectivity index (χ2n) is 5.51. The lowest BCUT2D eigenvalue weighted by Gasteiger charge is -2.26. The highest BCUT2D eigenvalue weighted by atomic mass is 16.3. The molecule has 4 nitrogen and oxygen atoms in total. The van der Waals surface area contributed by atoms with Crippen molar-refractivity contribution < 1.29 is 9.90 Å². The van der Waals surface area contributed by atoms with Crippen molar-refractivity contribution in [2.24, 2.45) is 11.7 Å². The van der Waals surface area contributed by atoms with Crippen LogP contribution in [0.15, 0.2) is 18.2 Å². The molecule has 0 heterocycles. The van der Waals surface area contributed by atoms with Gasteiger partial charge in [0.1, 0.15) is 5.75 Å². The minimum atomic E-state index is -0.202. The third-order valence-electron chi connectivity index (χ3n) is 3.84. The fraction of sp³-hybridized carbons (Fsp3) is 0.533. The topological polar surface area (TPSA) is 75.4 Å². The molecule has 0 bridgehead atoms. The fourth-order valence-electron chi connectivity index (χ4n) is 2.56. The van der Waals surface area contributed by atoms with Crippen LogP contribution in [0.4, 0.5) is 0 Å². The van der Waals surface area contributed by atoms with Gasteiger partial charge < -0.3 is 16.2 Å². The Morgan fingerprint density at radius 3 is 2.68 bits per heavy atom. The van der Waals surface area contributed by atoms with Crippen LogP contribution in [0, 0.1) is 12.8 Å². The molecular formula is C15H22N2O2. The Balaban J connectivity index is 1.87. The number of phenols is 1. The number of rotatable bonds is 3. The lowest BCUT2D eigenvalue weighted by molar-refractivity contribution is 0.0940. The number of hydrogen-bond donors (Lipinski definition) is 3. The Morgan fingerprint density at radius 1 is 1.37 bits per heavy atom. The molecule has 0 unspecified atom stereocenters. The average molecular weight is 262 g/mol. The number of aryl methyl sites for hydroxylation is 1. The van der Waals surface area contributed by atoms with E-state index in [1.807, 2.05) is 13.0 Å². The molecule has 1 aliphatic carbocycles. The molecule has 104 valence electrons. The molecule has 2 rings (SSSR count). The van der Waals surface area contributed by atoms with Crippen molar-refractivity contribution in [3.63, 3.8) is 0 Å². The van der Waals surface area contributed by atoms with E-state index in [1.165, 1.54) is 0 Å². The fourth-order valence-corrected chi connectivity index (χ4v) is 2.56. The highest BCUT2D eigenvalue weighted by molar-refractivity contribution is 5.96. The molecule has 1 aliphatic rings. The maximum Gasteiger partial charge on any atom is 0.255 e. The van der Waals surface area contributed by atoms with Gasteiger partial charge in [-0.2, -0.15) is 0 Å². The summed E-state index contributed by atoms with van der Waals surface area (Å²) in [6, 6.07) is 5.42. The number of carbonyl (C=O) groups excluding carboxylic acids is 1. The van der Waals surface area contributed by atoms with Crippen molar-refractivity contribution in [1.29, 1.82) is 0 Å². The van der Waals surface area contributed by atoms with E-state index < -0.39 is 0 Å². The number of nitrogens with two attached hydrogens (primary N) is 1. The zero-order valence-electron chi connectivity index (χ0n) is 11.4. The predicted octanol–water partition coefficient (Wildman–Crippen LogP) is 1.95. The van der Waals surface area contributed by atoms with Gasteiger partial charge in [0.2, 0.25) is 0 Å². The zero-order chi connectivity index (χ0) is 13.8. The van der Waals surface area contributed by atoms with Crippen LogP contribution in [0.2, 0.25) is 0 Å². The first-order chi connectivity index (χ1) is 9.06. The van der Waals surface area contributed by atoms with E-state index in [9.17, 15) is 9.90 Å². The van der Waals surface area contributed by atoms with Gasteiger partial charge in [0.15, 0.2) is 0 Å². The maximum absolute atomic E-state index is 12.0. The monoisotopic (exact) mass is 262 g/mol. The Labute approximate surface area is 114 Å². The third-order valence-corrected chi connectivity index (χ3v) is 3.84. The number of nitrogens with one attached hydrogen (secondary N) is 1. The van der Waals surface area contributed by atoms with Crippen LogP contribution in [-0.4, -0.2) is 23.6 Å². The summed E-state index contributed by atoms with van der Waals surface area (Å²) in [5.41, 5.74) is 7.14. The van der Waals surface area contributed by atoms with Gasteiger partial charge in [-0.1, -0.05) is 6.07 Å². The first kappa shape index (κ1) is 13.9. The molecule has 4 heteroatoms. The number of hydrogen-bond acceptors (Lipinski definition) is 3. The van der Waals surface area contributed by atoms with Crippen molar-refractivity contribution in [2.45, 2.75) is 38.6 Å². The molecule has 1 aromatic carbocycles. The number of benzene rings is 1. The molecule has 1 amide bonds. The number of aromatic hydroxyl groups is 1. The molecule has 0 radical (unpaired) electrons. The molecule has 0 atom stereocenters. The summed E-state index contributed by atoms with van der Waals surface area (Å²) in [5, 5.41) is 12.7. The molecule has 1 aromatic rings. The van der Waals surface area contributed by atoms with Crippen molar-refractivity contribution in [3.05, 3.63) is 29.3 Å². The van der Waals surface area contributed by atoms with E-state index in [0.29, 0.717) is 24.1 Å². The Bertz CT molecular complexity index is 451. The highest BCUT2D eigenvalue weighted by Gasteiger charge is 2.19. The van der Waals surface area contributed by atoms with Gasteiger partial charge in [0.05, 0.1) is 5.56 Å². The highest BCUT2D eigenvalue weighted by Crippen LogP contribution is 2.23. The summed E-state index contributed by atoms with van der Waals surface area (Å²) in [6.07, 6.45) is 4.22. The van der Waals surface area contributed by atoms with Gasteiger partial charge >= 0.3 is 0 Å². The third kappa shape index (κ3) is 3.70. The first-order valence-electron chi connectivity index (χ1n) is 6.89. The van der Waals surface area contributed by atoms with Gasteiger partial charge in [-0.25, -0.2) is 0 Å². The van der Waals surface area contributed by atoms with Crippen molar-refractivity contribution in [2.75, 3.05) is 6.54 Å². The predicted molar refractivity (Wildman–Crippen MR) is 75.1 cm³/mol. The van der Waals surface area contributed by atoms with Crippen LogP contribution in [0.5, 0.6) is 5.75 Å². The maximum atomic E-state index is 12.0. The van der Waals surface area contributed by atoms with Crippen LogP contribution in [0.1, 0.15) is 41.6 Å². The Kier molecular flexibility index (Phi) is 4.43. The van der Waals surface area contributed by atoms with Crippen molar-refractivity contribution >= 4 is 5.91 Å². The van der Waals surface area contributed by atoms with E-state index in [1.54, 1.807) is 12.1 Å². The van der Waals surface area contributed by atoms with Crippen LogP contribution >= 0.6 is 0 Å². The summed E-state index contributed by atoms with van der Waals surface area (Å²) in [7, 11) is 0. The lowest BCUT2D eigenvalue weighted by Crippen LogP contribution is -2.34. The van der Waals surface area contributed by atoms with E-state index in [2.05, 4.69) is 5.32 Å².